The van der Waals surface area contributed by atoms with Crippen LogP contribution < -0.4 is 14.8 Å². The number of hydrogen-bond donors (Lipinski definition) is 1. The van der Waals surface area contributed by atoms with Gasteiger partial charge in [0.05, 0.1) is 29.8 Å². The first kappa shape index (κ1) is 21.7. The van der Waals surface area contributed by atoms with Gasteiger partial charge in [-0.15, -0.1) is 11.3 Å². The number of esters is 1. The Morgan fingerprint density at radius 2 is 1.74 bits per heavy atom. The molecule has 2 aromatic carbocycles. The van der Waals surface area contributed by atoms with Crippen molar-refractivity contribution in [2.45, 2.75) is 13.5 Å². The fourth-order valence-corrected chi connectivity index (χ4v) is 4.75. The molecule has 172 valence electrons. The van der Waals surface area contributed by atoms with Gasteiger partial charge in [0.2, 0.25) is 6.79 Å². The second-order valence-electron chi connectivity index (χ2n) is 7.44. The van der Waals surface area contributed by atoms with Crippen molar-refractivity contribution in [3.8, 4) is 11.5 Å². The second-order valence-corrected chi connectivity index (χ2v) is 8.58. The number of anilines is 1. The summed E-state index contributed by atoms with van der Waals surface area (Å²) in [5.41, 5.74) is 1.14. The lowest BCUT2D eigenvalue weighted by Crippen LogP contribution is -2.28. The number of benzene rings is 2. The minimum absolute atomic E-state index is 0.0384. The van der Waals surface area contributed by atoms with Crippen LogP contribution in [0.4, 0.5) is 5.00 Å². The van der Waals surface area contributed by atoms with E-state index in [0.29, 0.717) is 33.1 Å². The average molecular weight is 478 g/mol. The van der Waals surface area contributed by atoms with Gasteiger partial charge in [-0.05, 0) is 43.3 Å². The van der Waals surface area contributed by atoms with E-state index in [2.05, 4.69) is 5.32 Å². The number of carbonyl (C=O) groups is 4. The highest BCUT2D eigenvalue weighted by Crippen LogP contribution is 2.35. The molecule has 1 aromatic heterocycles. The molecular formula is C24H18N2O7S. The molecule has 10 heteroatoms. The third-order valence-corrected chi connectivity index (χ3v) is 6.37. The van der Waals surface area contributed by atoms with Gasteiger partial charge in [0.25, 0.3) is 17.7 Å². The van der Waals surface area contributed by atoms with Crippen LogP contribution in [-0.2, 0) is 11.3 Å². The number of rotatable bonds is 6. The Balaban J connectivity index is 1.41. The van der Waals surface area contributed by atoms with Gasteiger partial charge in [0.1, 0.15) is 5.00 Å². The van der Waals surface area contributed by atoms with E-state index in [1.165, 1.54) is 6.07 Å². The van der Waals surface area contributed by atoms with Crippen LogP contribution >= 0.6 is 11.3 Å². The van der Waals surface area contributed by atoms with Crippen LogP contribution in [0.1, 0.15) is 53.2 Å². The molecule has 3 amide bonds. The molecule has 0 saturated carbocycles. The molecule has 0 unspecified atom stereocenters. The Hall–Kier alpha value is -4.18. The van der Waals surface area contributed by atoms with Gasteiger partial charge in [-0.1, -0.05) is 12.1 Å². The van der Waals surface area contributed by atoms with Crippen LogP contribution in [0, 0.1) is 0 Å². The Labute approximate surface area is 197 Å². The molecule has 0 saturated heterocycles. The molecule has 2 aliphatic rings. The summed E-state index contributed by atoms with van der Waals surface area (Å²) in [6.07, 6.45) is 0. The van der Waals surface area contributed by atoms with Gasteiger partial charge in [0, 0.05) is 10.4 Å². The highest BCUT2D eigenvalue weighted by molar-refractivity contribution is 7.16. The summed E-state index contributed by atoms with van der Waals surface area (Å²) in [6.45, 7) is 1.87. The largest absolute Gasteiger partial charge is 0.462 e. The summed E-state index contributed by atoms with van der Waals surface area (Å²) in [7, 11) is 0. The van der Waals surface area contributed by atoms with Crippen molar-refractivity contribution < 1.29 is 33.4 Å². The zero-order chi connectivity index (χ0) is 23.8. The molecule has 34 heavy (non-hydrogen) atoms. The van der Waals surface area contributed by atoms with E-state index in [1.807, 2.05) is 0 Å². The third-order valence-electron chi connectivity index (χ3n) is 5.33. The van der Waals surface area contributed by atoms with E-state index in [1.54, 1.807) is 49.4 Å². The first-order chi connectivity index (χ1) is 16.5. The number of ether oxygens (including phenoxy) is 3. The number of fused-ring (bicyclic) bond motifs is 2. The number of carbonyl (C=O) groups excluding carboxylic acids is 4. The number of hydrogen-bond acceptors (Lipinski definition) is 8. The van der Waals surface area contributed by atoms with Crippen molar-refractivity contribution >= 4 is 40.0 Å². The molecule has 2 aliphatic heterocycles. The molecule has 0 spiro atoms. The summed E-state index contributed by atoms with van der Waals surface area (Å²) in [4.78, 5) is 52.5. The topological polar surface area (TPSA) is 111 Å². The lowest BCUT2D eigenvalue weighted by Gasteiger charge is -2.12. The number of amides is 3. The van der Waals surface area contributed by atoms with Gasteiger partial charge < -0.3 is 19.5 Å². The highest BCUT2D eigenvalue weighted by Gasteiger charge is 2.35. The predicted molar refractivity (Wildman–Crippen MR) is 121 cm³/mol. The molecule has 0 fully saturated rings. The van der Waals surface area contributed by atoms with E-state index < -0.39 is 23.7 Å². The fraction of sp³-hybridized carbons (Fsp3) is 0.167. The van der Waals surface area contributed by atoms with Gasteiger partial charge in [-0.3, -0.25) is 19.3 Å². The van der Waals surface area contributed by atoms with Crippen LogP contribution in [0.25, 0.3) is 0 Å². The summed E-state index contributed by atoms with van der Waals surface area (Å²) in [5, 5.41) is 2.99. The van der Waals surface area contributed by atoms with Crippen LogP contribution in [0.15, 0.2) is 48.5 Å². The second kappa shape index (κ2) is 8.64. The molecule has 3 aromatic rings. The van der Waals surface area contributed by atoms with Crippen LogP contribution in [-0.4, -0.2) is 42.0 Å². The third kappa shape index (κ3) is 3.77. The Morgan fingerprint density at radius 3 is 2.44 bits per heavy atom. The lowest BCUT2D eigenvalue weighted by atomic mass is 10.1. The smallest absolute Gasteiger partial charge is 0.341 e. The maximum atomic E-state index is 12.9. The monoisotopic (exact) mass is 478 g/mol. The van der Waals surface area contributed by atoms with Crippen molar-refractivity contribution in [3.63, 3.8) is 0 Å². The Kier molecular flexibility index (Phi) is 5.50. The summed E-state index contributed by atoms with van der Waals surface area (Å²) < 4.78 is 15.7. The van der Waals surface area contributed by atoms with Crippen molar-refractivity contribution in [2.24, 2.45) is 0 Å². The fourth-order valence-electron chi connectivity index (χ4n) is 3.72. The van der Waals surface area contributed by atoms with Gasteiger partial charge in [-0.2, -0.15) is 0 Å². The van der Waals surface area contributed by atoms with Gasteiger partial charge >= 0.3 is 5.97 Å². The van der Waals surface area contributed by atoms with E-state index in [0.717, 1.165) is 16.2 Å². The van der Waals surface area contributed by atoms with Crippen molar-refractivity contribution in [3.05, 3.63) is 75.7 Å². The molecule has 0 bridgehead atoms. The molecule has 5 rings (SSSR count). The van der Waals surface area contributed by atoms with E-state index in [-0.39, 0.29) is 30.5 Å². The number of imide groups is 1. The van der Waals surface area contributed by atoms with Gasteiger partial charge in [-0.25, -0.2) is 4.79 Å². The van der Waals surface area contributed by atoms with Gasteiger partial charge in [0.15, 0.2) is 11.5 Å². The Morgan fingerprint density at radius 1 is 1.03 bits per heavy atom. The summed E-state index contributed by atoms with van der Waals surface area (Å²) >= 11 is 1.10. The minimum atomic E-state index is -0.617. The van der Waals surface area contributed by atoms with E-state index >= 15 is 0 Å². The molecule has 9 nitrogen and oxygen atoms in total. The van der Waals surface area contributed by atoms with Crippen molar-refractivity contribution in [2.75, 3.05) is 18.7 Å². The average Bonchev–Trinajstić information content (AvgIpc) is 3.53. The molecular weight excluding hydrogens is 460 g/mol. The number of thiophene rings is 1. The van der Waals surface area contributed by atoms with Crippen molar-refractivity contribution in [1.82, 2.24) is 4.90 Å². The number of nitrogens with one attached hydrogen (secondary N) is 1. The standard InChI is InChI=1S/C24H18N2O7S/c1-2-31-24(30)17-10-14(11-26-22(28)15-5-3-4-6-16(15)23(26)29)34-21(17)25-20(27)13-7-8-18-19(9-13)33-12-32-18/h3-10H,2,11-12H2,1H3,(H,25,27). The minimum Gasteiger partial charge on any atom is -0.462 e. The predicted octanol–water partition coefficient (Wildman–Crippen LogP) is 3.70. The first-order valence-electron chi connectivity index (χ1n) is 10.4. The van der Waals surface area contributed by atoms with E-state index in [4.69, 9.17) is 14.2 Å². The molecule has 3 heterocycles. The van der Waals surface area contributed by atoms with Crippen LogP contribution in [0.2, 0.25) is 0 Å². The van der Waals surface area contributed by atoms with E-state index in [9.17, 15) is 19.2 Å². The summed E-state index contributed by atoms with van der Waals surface area (Å²) in [5.74, 6) is -0.888. The Bertz CT molecular complexity index is 1310. The molecule has 0 aliphatic carbocycles. The zero-order valence-corrected chi connectivity index (χ0v) is 18.8. The summed E-state index contributed by atoms with van der Waals surface area (Å²) in [6, 6.07) is 12.9. The quantitative estimate of drug-likeness (QED) is 0.425. The maximum Gasteiger partial charge on any atom is 0.341 e. The van der Waals surface area contributed by atoms with Crippen LogP contribution in [0.5, 0.6) is 11.5 Å². The maximum absolute atomic E-state index is 12.9. The SMILES string of the molecule is CCOC(=O)c1cc(CN2C(=O)c3ccccc3C2=O)sc1NC(=O)c1ccc2c(c1)OCO2. The molecule has 0 atom stereocenters. The van der Waals surface area contributed by atoms with Crippen LogP contribution in [0.3, 0.4) is 0 Å². The highest BCUT2D eigenvalue weighted by atomic mass is 32.1. The zero-order valence-electron chi connectivity index (χ0n) is 18.0. The van der Waals surface area contributed by atoms with Crippen molar-refractivity contribution in [1.29, 1.82) is 0 Å². The lowest BCUT2D eigenvalue weighted by molar-refractivity contribution is 0.0527. The first-order valence-corrected chi connectivity index (χ1v) is 11.2. The normalized spacial score (nSPS) is 13.7. The molecule has 1 N–H and O–H groups in total. The number of nitrogens with zero attached hydrogens (tertiary/aromatic N) is 1. The molecule has 0 radical (unpaired) electrons.